The molecule has 1 unspecified atom stereocenters. The summed E-state index contributed by atoms with van der Waals surface area (Å²) in [6, 6.07) is 1.45. The molecule has 12 heavy (non-hydrogen) atoms. The number of hydrogen-bond acceptors (Lipinski definition) is 3. The first-order valence-electron chi connectivity index (χ1n) is 3.84. The van der Waals surface area contributed by atoms with Gasteiger partial charge in [0.25, 0.3) is 0 Å². The van der Waals surface area contributed by atoms with Gasteiger partial charge in [-0.05, 0) is 13.0 Å². The van der Waals surface area contributed by atoms with Crippen molar-refractivity contribution in [2.24, 2.45) is 12.8 Å². The molecule has 1 rings (SSSR count). The molecule has 2 N–H and O–H groups in total. The summed E-state index contributed by atoms with van der Waals surface area (Å²) in [4.78, 5) is 10.8. The Kier molecular flexibility index (Phi) is 2.60. The van der Waals surface area contributed by atoms with Gasteiger partial charge in [-0.2, -0.15) is 5.10 Å². The zero-order valence-corrected chi connectivity index (χ0v) is 7.32. The number of aryl methyl sites for hydroxylation is 1. The van der Waals surface area contributed by atoms with Gasteiger partial charge in [0.2, 0.25) is 0 Å². The van der Waals surface area contributed by atoms with Crippen LogP contribution in [-0.2, 0) is 18.3 Å². The number of Topliss-reactive ketones (excluding diaryl/α,β-unsaturated/α-hetero) is 1. The monoisotopic (exact) mass is 167 g/mol. The van der Waals surface area contributed by atoms with Gasteiger partial charge < -0.3 is 5.73 Å². The van der Waals surface area contributed by atoms with Crippen molar-refractivity contribution in [1.82, 2.24) is 9.78 Å². The highest BCUT2D eigenvalue weighted by Gasteiger charge is 2.09. The zero-order chi connectivity index (χ0) is 9.14. The van der Waals surface area contributed by atoms with Crippen LogP contribution in [0.2, 0.25) is 0 Å². The second-order valence-corrected chi connectivity index (χ2v) is 2.90. The number of carbonyl (C=O) groups is 1. The number of aromatic nitrogens is 2. The van der Waals surface area contributed by atoms with Crippen molar-refractivity contribution in [3.63, 3.8) is 0 Å². The van der Waals surface area contributed by atoms with Crippen LogP contribution in [0.1, 0.15) is 12.6 Å². The molecule has 0 amide bonds. The van der Waals surface area contributed by atoms with Crippen LogP contribution >= 0.6 is 0 Å². The SMILES string of the molecule is CC(=O)C(N)Cc1ccn(C)n1. The third-order valence-electron chi connectivity index (χ3n) is 1.72. The highest BCUT2D eigenvalue weighted by molar-refractivity contribution is 5.81. The maximum absolute atomic E-state index is 10.8. The molecule has 0 radical (unpaired) electrons. The van der Waals surface area contributed by atoms with Gasteiger partial charge in [-0.1, -0.05) is 0 Å². The Labute approximate surface area is 71.4 Å². The lowest BCUT2D eigenvalue weighted by Gasteiger charge is -2.03. The van der Waals surface area contributed by atoms with Gasteiger partial charge in [0.15, 0.2) is 0 Å². The smallest absolute Gasteiger partial charge is 0.146 e. The molecule has 0 aliphatic rings. The van der Waals surface area contributed by atoms with Crippen molar-refractivity contribution in [2.45, 2.75) is 19.4 Å². The first kappa shape index (κ1) is 8.93. The van der Waals surface area contributed by atoms with E-state index in [0.717, 1.165) is 5.69 Å². The van der Waals surface area contributed by atoms with Crippen LogP contribution < -0.4 is 5.73 Å². The number of ketones is 1. The van der Waals surface area contributed by atoms with Gasteiger partial charge in [0.05, 0.1) is 11.7 Å². The lowest BCUT2D eigenvalue weighted by molar-refractivity contribution is -0.118. The number of hydrogen-bond donors (Lipinski definition) is 1. The minimum absolute atomic E-state index is 0.000605. The zero-order valence-electron chi connectivity index (χ0n) is 7.32. The fourth-order valence-electron chi connectivity index (χ4n) is 0.941. The molecule has 4 nitrogen and oxygen atoms in total. The average Bonchev–Trinajstić information content (AvgIpc) is 2.35. The lowest BCUT2D eigenvalue weighted by atomic mass is 10.1. The van der Waals surface area contributed by atoms with Crippen molar-refractivity contribution in [1.29, 1.82) is 0 Å². The summed E-state index contributed by atoms with van der Waals surface area (Å²) in [5.74, 6) is 0.000605. The summed E-state index contributed by atoms with van der Waals surface area (Å²) in [7, 11) is 1.84. The Bertz CT molecular complexity index is 280. The highest BCUT2D eigenvalue weighted by Crippen LogP contribution is 1.98. The molecule has 0 fully saturated rings. The topological polar surface area (TPSA) is 60.9 Å². The highest BCUT2D eigenvalue weighted by atomic mass is 16.1. The predicted octanol–water partition coefficient (Wildman–Crippen LogP) is -0.121. The largest absolute Gasteiger partial charge is 0.321 e. The van der Waals surface area contributed by atoms with Crippen LogP contribution in [0.3, 0.4) is 0 Å². The molecule has 1 heterocycles. The van der Waals surface area contributed by atoms with Crippen LogP contribution in [-0.4, -0.2) is 21.6 Å². The van der Waals surface area contributed by atoms with Crippen LogP contribution in [0.15, 0.2) is 12.3 Å². The van der Waals surface area contributed by atoms with Crippen molar-refractivity contribution in [2.75, 3.05) is 0 Å². The maximum atomic E-state index is 10.8. The molecule has 0 aliphatic heterocycles. The summed E-state index contributed by atoms with van der Waals surface area (Å²) in [5.41, 5.74) is 6.42. The van der Waals surface area contributed by atoms with Crippen molar-refractivity contribution in [3.05, 3.63) is 18.0 Å². The molecule has 1 aromatic heterocycles. The fourth-order valence-corrected chi connectivity index (χ4v) is 0.941. The molecule has 1 aromatic rings. The van der Waals surface area contributed by atoms with E-state index in [1.54, 1.807) is 4.68 Å². The second-order valence-electron chi connectivity index (χ2n) is 2.90. The summed E-state index contributed by atoms with van der Waals surface area (Å²) in [6.07, 6.45) is 2.36. The fraction of sp³-hybridized carbons (Fsp3) is 0.500. The summed E-state index contributed by atoms with van der Waals surface area (Å²) in [5, 5.41) is 4.12. The normalized spacial score (nSPS) is 12.9. The van der Waals surface area contributed by atoms with E-state index in [4.69, 9.17) is 5.73 Å². The Hall–Kier alpha value is -1.16. The standard InChI is InChI=1S/C8H13N3O/c1-6(12)8(9)5-7-3-4-11(2)10-7/h3-4,8H,5,9H2,1-2H3. The Morgan fingerprint density at radius 3 is 2.92 bits per heavy atom. The van der Waals surface area contributed by atoms with Crippen LogP contribution in [0.4, 0.5) is 0 Å². The molecule has 1 atom stereocenters. The molecule has 0 aromatic carbocycles. The molecular weight excluding hydrogens is 154 g/mol. The van der Waals surface area contributed by atoms with Crippen molar-refractivity contribution in [3.8, 4) is 0 Å². The average molecular weight is 167 g/mol. The number of rotatable bonds is 3. The summed E-state index contributed by atoms with van der Waals surface area (Å²) in [6.45, 7) is 1.49. The van der Waals surface area contributed by atoms with Crippen LogP contribution in [0.25, 0.3) is 0 Å². The molecule has 4 heteroatoms. The Morgan fingerprint density at radius 1 is 1.83 bits per heavy atom. The molecule has 0 saturated carbocycles. The summed E-state index contributed by atoms with van der Waals surface area (Å²) < 4.78 is 1.70. The third kappa shape index (κ3) is 2.17. The first-order valence-corrected chi connectivity index (χ1v) is 3.84. The van der Waals surface area contributed by atoms with E-state index in [-0.39, 0.29) is 5.78 Å². The van der Waals surface area contributed by atoms with Gasteiger partial charge in [-0.25, -0.2) is 0 Å². The van der Waals surface area contributed by atoms with Gasteiger partial charge in [-0.15, -0.1) is 0 Å². The van der Waals surface area contributed by atoms with Gasteiger partial charge in [-0.3, -0.25) is 9.48 Å². The lowest BCUT2D eigenvalue weighted by Crippen LogP contribution is -2.30. The molecule has 0 spiro atoms. The molecule has 0 bridgehead atoms. The Balaban J connectivity index is 2.58. The second kappa shape index (κ2) is 3.49. The van der Waals surface area contributed by atoms with E-state index in [9.17, 15) is 4.79 Å². The van der Waals surface area contributed by atoms with E-state index >= 15 is 0 Å². The van der Waals surface area contributed by atoms with Crippen LogP contribution in [0.5, 0.6) is 0 Å². The van der Waals surface area contributed by atoms with E-state index in [2.05, 4.69) is 5.10 Å². The van der Waals surface area contributed by atoms with E-state index < -0.39 is 6.04 Å². The molecule has 66 valence electrons. The van der Waals surface area contributed by atoms with E-state index in [1.807, 2.05) is 19.3 Å². The predicted molar refractivity (Wildman–Crippen MR) is 45.6 cm³/mol. The number of carbonyl (C=O) groups excluding carboxylic acids is 1. The van der Waals surface area contributed by atoms with Gasteiger partial charge in [0.1, 0.15) is 5.78 Å². The third-order valence-corrected chi connectivity index (χ3v) is 1.72. The quantitative estimate of drug-likeness (QED) is 0.682. The number of nitrogens with zero attached hydrogens (tertiary/aromatic N) is 2. The van der Waals surface area contributed by atoms with E-state index in [1.165, 1.54) is 6.92 Å². The minimum atomic E-state index is -0.417. The molecular formula is C8H13N3O. The Morgan fingerprint density at radius 2 is 2.50 bits per heavy atom. The molecule has 0 aliphatic carbocycles. The van der Waals surface area contributed by atoms with Crippen LogP contribution in [0, 0.1) is 0 Å². The van der Waals surface area contributed by atoms with Crippen molar-refractivity contribution >= 4 is 5.78 Å². The van der Waals surface area contributed by atoms with E-state index in [0.29, 0.717) is 6.42 Å². The maximum Gasteiger partial charge on any atom is 0.146 e. The number of nitrogens with two attached hydrogens (primary N) is 1. The summed E-state index contributed by atoms with van der Waals surface area (Å²) >= 11 is 0. The van der Waals surface area contributed by atoms with Crippen molar-refractivity contribution < 1.29 is 4.79 Å². The minimum Gasteiger partial charge on any atom is -0.321 e. The van der Waals surface area contributed by atoms with Gasteiger partial charge >= 0.3 is 0 Å². The van der Waals surface area contributed by atoms with Gasteiger partial charge in [0, 0.05) is 19.7 Å². The first-order chi connectivity index (χ1) is 5.59. The molecule has 0 saturated heterocycles.